The molecule has 4 nitrogen and oxygen atoms in total. The minimum absolute atomic E-state index is 0.0430. The second-order valence-corrected chi connectivity index (χ2v) is 6.61. The lowest BCUT2D eigenvalue weighted by Gasteiger charge is -2.05. The molecule has 0 spiro atoms. The van der Waals surface area contributed by atoms with Crippen LogP contribution in [-0.4, -0.2) is 22.5 Å². The Morgan fingerprint density at radius 1 is 1.13 bits per heavy atom. The van der Waals surface area contributed by atoms with E-state index >= 15 is 0 Å². The number of rotatable bonds is 4. The number of amidine groups is 1. The molecule has 1 saturated heterocycles. The van der Waals surface area contributed by atoms with Gasteiger partial charge in [0.25, 0.3) is 0 Å². The SMILES string of the molecule is O=C1N/C(=N/N=C/c2ccccc2)SC1Cc1ccc(Cl)cc1. The van der Waals surface area contributed by atoms with Gasteiger partial charge in [-0.3, -0.25) is 4.79 Å². The van der Waals surface area contributed by atoms with Crippen molar-refractivity contribution >= 4 is 40.7 Å². The highest BCUT2D eigenvalue weighted by Crippen LogP contribution is 2.24. The first-order chi connectivity index (χ1) is 11.2. The van der Waals surface area contributed by atoms with Crippen LogP contribution >= 0.6 is 23.4 Å². The number of thioether (sulfide) groups is 1. The quantitative estimate of drug-likeness (QED) is 0.682. The number of hydrogen-bond acceptors (Lipinski definition) is 4. The Labute approximate surface area is 143 Å². The molecule has 2 aromatic rings. The third-order valence-corrected chi connectivity index (χ3v) is 4.59. The second-order valence-electron chi connectivity index (χ2n) is 4.99. The fourth-order valence-corrected chi connectivity index (χ4v) is 3.20. The molecule has 23 heavy (non-hydrogen) atoms. The van der Waals surface area contributed by atoms with Crippen LogP contribution in [0.15, 0.2) is 64.8 Å². The normalized spacial score (nSPS) is 19.4. The Morgan fingerprint density at radius 2 is 1.87 bits per heavy atom. The predicted octanol–water partition coefficient (Wildman–Crippen LogP) is 3.50. The molecule has 0 aromatic heterocycles. The molecule has 1 fully saturated rings. The molecule has 116 valence electrons. The maximum absolute atomic E-state index is 12.0. The van der Waals surface area contributed by atoms with Crippen LogP contribution in [0, 0.1) is 0 Å². The van der Waals surface area contributed by atoms with Crippen molar-refractivity contribution < 1.29 is 4.79 Å². The fraction of sp³-hybridized carbons (Fsp3) is 0.118. The summed E-state index contributed by atoms with van der Waals surface area (Å²) < 4.78 is 0. The first-order valence-corrected chi connectivity index (χ1v) is 8.34. The predicted molar refractivity (Wildman–Crippen MR) is 96.1 cm³/mol. The monoisotopic (exact) mass is 343 g/mol. The topological polar surface area (TPSA) is 53.8 Å². The van der Waals surface area contributed by atoms with Crippen molar-refractivity contribution in [2.24, 2.45) is 10.2 Å². The summed E-state index contributed by atoms with van der Waals surface area (Å²) >= 11 is 7.26. The lowest BCUT2D eigenvalue weighted by atomic mass is 10.1. The summed E-state index contributed by atoms with van der Waals surface area (Å²) in [6.45, 7) is 0. The molecule has 0 radical (unpaired) electrons. The molecule has 2 aromatic carbocycles. The third kappa shape index (κ3) is 4.43. The fourth-order valence-electron chi connectivity index (χ4n) is 2.11. The van der Waals surface area contributed by atoms with Crippen LogP contribution in [0.1, 0.15) is 11.1 Å². The maximum Gasteiger partial charge on any atom is 0.239 e. The van der Waals surface area contributed by atoms with Crippen molar-refractivity contribution in [2.75, 3.05) is 0 Å². The van der Waals surface area contributed by atoms with E-state index in [1.54, 1.807) is 6.21 Å². The summed E-state index contributed by atoms with van der Waals surface area (Å²) in [5, 5.41) is 11.9. The number of carbonyl (C=O) groups excluding carboxylic acids is 1. The molecule has 1 N–H and O–H groups in total. The summed E-state index contributed by atoms with van der Waals surface area (Å²) in [6, 6.07) is 17.2. The van der Waals surface area contributed by atoms with Crippen molar-refractivity contribution in [1.29, 1.82) is 0 Å². The molecule has 1 unspecified atom stereocenters. The van der Waals surface area contributed by atoms with Gasteiger partial charge in [0.1, 0.15) is 0 Å². The molecular formula is C17H14ClN3OS. The molecule has 3 rings (SSSR count). The van der Waals surface area contributed by atoms with Gasteiger partial charge in [0, 0.05) is 5.02 Å². The Bertz CT molecular complexity index is 744. The van der Waals surface area contributed by atoms with E-state index in [9.17, 15) is 4.79 Å². The van der Waals surface area contributed by atoms with E-state index in [4.69, 9.17) is 11.6 Å². The molecule has 0 aliphatic carbocycles. The van der Waals surface area contributed by atoms with Crippen LogP contribution in [-0.2, 0) is 11.2 Å². The molecule has 0 saturated carbocycles. The third-order valence-electron chi connectivity index (χ3n) is 3.27. The zero-order chi connectivity index (χ0) is 16.1. The van der Waals surface area contributed by atoms with Gasteiger partial charge >= 0.3 is 0 Å². The minimum atomic E-state index is -0.193. The first kappa shape index (κ1) is 15.8. The molecule has 1 heterocycles. The number of hydrogen-bond donors (Lipinski definition) is 1. The summed E-state index contributed by atoms with van der Waals surface area (Å²) in [6.07, 6.45) is 2.29. The van der Waals surface area contributed by atoms with E-state index in [1.807, 2.05) is 54.6 Å². The zero-order valence-electron chi connectivity index (χ0n) is 12.1. The second kappa shape index (κ2) is 7.44. The van der Waals surface area contributed by atoms with E-state index in [2.05, 4.69) is 15.5 Å². The average Bonchev–Trinajstić information content (AvgIpc) is 2.90. The number of carbonyl (C=O) groups is 1. The standard InChI is InChI=1S/C17H14ClN3OS/c18-14-8-6-12(7-9-14)10-15-16(22)20-17(23-15)21-19-11-13-4-2-1-3-5-13/h1-9,11,15H,10H2,(H,20,21,22)/b19-11+. The molecule has 0 bridgehead atoms. The smallest absolute Gasteiger partial charge is 0.239 e. The molecule has 1 aliphatic rings. The van der Waals surface area contributed by atoms with Crippen molar-refractivity contribution in [2.45, 2.75) is 11.7 Å². The molecule has 1 amide bonds. The molecular weight excluding hydrogens is 330 g/mol. The van der Waals surface area contributed by atoms with Crippen molar-refractivity contribution in [3.05, 3.63) is 70.7 Å². The van der Waals surface area contributed by atoms with Crippen LogP contribution in [0.2, 0.25) is 5.02 Å². The number of amides is 1. The van der Waals surface area contributed by atoms with E-state index in [0.29, 0.717) is 16.6 Å². The largest absolute Gasteiger partial charge is 0.303 e. The van der Waals surface area contributed by atoms with E-state index in [1.165, 1.54) is 11.8 Å². The highest BCUT2D eigenvalue weighted by molar-refractivity contribution is 8.15. The van der Waals surface area contributed by atoms with Gasteiger partial charge in [0.2, 0.25) is 5.91 Å². The molecule has 1 aliphatic heterocycles. The average molecular weight is 344 g/mol. The van der Waals surface area contributed by atoms with E-state index in [0.717, 1.165) is 11.1 Å². The van der Waals surface area contributed by atoms with Crippen LogP contribution in [0.3, 0.4) is 0 Å². The summed E-state index contributed by atoms with van der Waals surface area (Å²) in [5.41, 5.74) is 2.03. The summed E-state index contributed by atoms with van der Waals surface area (Å²) in [4.78, 5) is 12.0. The van der Waals surface area contributed by atoms with Gasteiger partial charge < -0.3 is 5.32 Å². The Hall–Kier alpha value is -2.11. The van der Waals surface area contributed by atoms with Gasteiger partial charge in [-0.05, 0) is 29.7 Å². The minimum Gasteiger partial charge on any atom is -0.303 e. The number of nitrogens with zero attached hydrogens (tertiary/aromatic N) is 2. The summed E-state index contributed by atoms with van der Waals surface area (Å²) in [5.74, 6) is -0.0430. The maximum atomic E-state index is 12.0. The summed E-state index contributed by atoms with van der Waals surface area (Å²) in [7, 11) is 0. The van der Waals surface area contributed by atoms with Crippen molar-refractivity contribution in [3.63, 3.8) is 0 Å². The van der Waals surface area contributed by atoms with Crippen LogP contribution in [0.25, 0.3) is 0 Å². The van der Waals surface area contributed by atoms with Crippen LogP contribution in [0.5, 0.6) is 0 Å². The van der Waals surface area contributed by atoms with Crippen molar-refractivity contribution in [1.82, 2.24) is 5.32 Å². The van der Waals surface area contributed by atoms with Crippen molar-refractivity contribution in [3.8, 4) is 0 Å². The lowest BCUT2D eigenvalue weighted by Crippen LogP contribution is -2.25. The van der Waals surface area contributed by atoms with Gasteiger partial charge in [-0.1, -0.05) is 65.8 Å². The highest BCUT2D eigenvalue weighted by Gasteiger charge is 2.30. The Morgan fingerprint density at radius 3 is 2.61 bits per heavy atom. The van der Waals surface area contributed by atoms with Gasteiger partial charge in [0.15, 0.2) is 5.17 Å². The lowest BCUT2D eigenvalue weighted by molar-refractivity contribution is -0.118. The molecule has 6 heteroatoms. The van der Waals surface area contributed by atoms with E-state index < -0.39 is 0 Å². The highest BCUT2D eigenvalue weighted by atomic mass is 35.5. The number of halogens is 1. The Balaban J connectivity index is 1.61. The van der Waals surface area contributed by atoms with Gasteiger partial charge in [-0.25, -0.2) is 0 Å². The number of nitrogens with one attached hydrogen (secondary N) is 1. The van der Waals surface area contributed by atoms with E-state index in [-0.39, 0.29) is 11.2 Å². The first-order valence-electron chi connectivity index (χ1n) is 7.09. The van der Waals surface area contributed by atoms with Crippen LogP contribution in [0.4, 0.5) is 0 Å². The molecule has 1 atom stereocenters. The van der Waals surface area contributed by atoms with Gasteiger partial charge in [0.05, 0.1) is 11.5 Å². The number of benzene rings is 2. The van der Waals surface area contributed by atoms with Gasteiger partial charge in [-0.2, -0.15) is 5.10 Å². The zero-order valence-corrected chi connectivity index (χ0v) is 13.7. The van der Waals surface area contributed by atoms with Gasteiger partial charge in [-0.15, -0.1) is 5.10 Å². The Kier molecular flexibility index (Phi) is 5.10. The van der Waals surface area contributed by atoms with Crippen LogP contribution < -0.4 is 5.32 Å².